The van der Waals surface area contributed by atoms with Crippen LogP contribution in [0.1, 0.15) is 65.5 Å². The first-order chi connectivity index (χ1) is 14.4. The number of rotatable bonds is 7. The van der Waals surface area contributed by atoms with Crippen molar-refractivity contribution in [3.63, 3.8) is 0 Å². The molecule has 0 aliphatic carbocycles. The van der Waals surface area contributed by atoms with Crippen LogP contribution in [0, 0.1) is 12.8 Å². The topological polar surface area (TPSA) is 94.8 Å². The number of hydrogen-bond donors (Lipinski definition) is 1. The van der Waals surface area contributed by atoms with Gasteiger partial charge in [-0.05, 0) is 69.7 Å². The lowest BCUT2D eigenvalue weighted by Crippen LogP contribution is -2.45. The van der Waals surface area contributed by atoms with E-state index in [1.807, 2.05) is 27.7 Å². The van der Waals surface area contributed by atoms with Crippen LogP contribution in [0.15, 0.2) is 27.4 Å². The predicted molar refractivity (Wildman–Crippen MR) is 119 cm³/mol. The van der Waals surface area contributed by atoms with Crippen molar-refractivity contribution in [3.05, 3.63) is 39.7 Å². The van der Waals surface area contributed by atoms with Gasteiger partial charge < -0.3 is 19.2 Å². The molecular formula is C24H33NO6. The maximum Gasteiger partial charge on any atom is 0.408 e. The fourth-order valence-corrected chi connectivity index (χ4v) is 3.33. The van der Waals surface area contributed by atoms with Gasteiger partial charge in [-0.3, -0.25) is 0 Å². The second-order valence-electron chi connectivity index (χ2n) is 9.23. The molecule has 0 aliphatic rings. The number of alkyl carbamates (subject to hydrolysis) is 1. The summed E-state index contributed by atoms with van der Waals surface area (Å²) in [7, 11) is 0. The zero-order chi connectivity index (χ0) is 23.3. The first-order valence-electron chi connectivity index (χ1n) is 10.7. The number of amides is 1. The van der Waals surface area contributed by atoms with Gasteiger partial charge in [-0.25, -0.2) is 14.4 Å². The molecule has 31 heavy (non-hydrogen) atoms. The first-order valence-corrected chi connectivity index (χ1v) is 10.7. The van der Waals surface area contributed by atoms with Crippen molar-refractivity contribution >= 4 is 23.0 Å². The van der Waals surface area contributed by atoms with Gasteiger partial charge in [0, 0.05) is 6.07 Å². The standard InChI is InChI=1S/C24H33NO6/c1-8-9-16-13-20(26)29-18-11-15(4)12-19(21(16)18)30-22(27)17(10-14(2)3)25-23(28)31-24(5,6)7/h11-14,17H,8-10H2,1-7H3,(H,25,28)/t17-/m0/s1. The van der Waals surface area contributed by atoms with Gasteiger partial charge in [-0.15, -0.1) is 0 Å². The molecule has 0 saturated heterocycles. The number of fused-ring (bicyclic) bond motifs is 1. The Balaban J connectivity index is 2.40. The minimum absolute atomic E-state index is 0.135. The highest BCUT2D eigenvalue weighted by molar-refractivity contribution is 5.91. The number of ether oxygens (including phenoxy) is 2. The van der Waals surface area contributed by atoms with E-state index in [-0.39, 0.29) is 5.92 Å². The molecule has 2 rings (SSSR count). The van der Waals surface area contributed by atoms with Crippen LogP contribution >= 0.6 is 0 Å². The van der Waals surface area contributed by atoms with Crippen LogP contribution in [-0.4, -0.2) is 23.7 Å². The summed E-state index contributed by atoms with van der Waals surface area (Å²) in [5, 5.41) is 3.23. The van der Waals surface area contributed by atoms with Gasteiger partial charge in [0.2, 0.25) is 0 Å². The molecule has 0 bridgehead atoms. The molecule has 1 atom stereocenters. The highest BCUT2D eigenvalue weighted by Crippen LogP contribution is 2.31. The average Bonchev–Trinajstić information content (AvgIpc) is 2.58. The number of nitrogens with one attached hydrogen (secondary N) is 1. The molecule has 0 saturated carbocycles. The molecule has 1 N–H and O–H groups in total. The van der Waals surface area contributed by atoms with Crippen molar-refractivity contribution in [2.24, 2.45) is 5.92 Å². The third-order valence-corrected chi connectivity index (χ3v) is 4.45. The molecule has 1 heterocycles. The van der Waals surface area contributed by atoms with E-state index in [4.69, 9.17) is 13.9 Å². The molecule has 1 aromatic carbocycles. The Bertz CT molecular complexity index is 1000. The number of carbonyl (C=O) groups excluding carboxylic acids is 2. The molecule has 0 radical (unpaired) electrons. The largest absolute Gasteiger partial charge is 0.444 e. The lowest BCUT2D eigenvalue weighted by Gasteiger charge is -2.24. The molecule has 7 heteroatoms. The van der Waals surface area contributed by atoms with Crippen LogP contribution < -0.4 is 15.7 Å². The third-order valence-electron chi connectivity index (χ3n) is 4.45. The molecule has 1 amide bonds. The van der Waals surface area contributed by atoms with Gasteiger partial charge in [-0.2, -0.15) is 0 Å². The van der Waals surface area contributed by atoms with E-state index in [0.29, 0.717) is 29.6 Å². The molecule has 2 aromatic rings. The Morgan fingerprint density at radius 1 is 1.16 bits per heavy atom. The summed E-state index contributed by atoms with van der Waals surface area (Å²) in [6.07, 6.45) is 1.16. The van der Waals surface area contributed by atoms with Crippen LogP contribution in [0.5, 0.6) is 5.75 Å². The average molecular weight is 432 g/mol. The minimum atomic E-state index is -0.879. The SMILES string of the molecule is CCCc1cc(=O)oc2cc(C)cc(OC(=O)[C@H](CC(C)C)NC(=O)OC(C)(C)C)c12. The summed E-state index contributed by atoms with van der Waals surface area (Å²) < 4.78 is 16.4. The number of carbonyl (C=O) groups is 2. The van der Waals surface area contributed by atoms with Gasteiger partial charge in [0.05, 0.1) is 5.39 Å². The van der Waals surface area contributed by atoms with Crippen molar-refractivity contribution in [1.82, 2.24) is 5.32 Å². The lowest BCUT2D eigenvalue weighted by molar-refractivity contribution is -0.137. The van der Waals surface area contributed by atoms with Crippen LogP contribution in [0.25, 0.3) is 11.0 Å². The Kier molecular flexibility index (Phi) is 7.87. The molecule has 0 spiro atoms. The smallest absolute Gasteiger partial charge is 0.408 e. The summed E-state index contributed by atoms with van der Waals surface area (Å²) in [5.74, 6) is -0.150. The van der Waals surface area contributed by atoms with Gasteiger partial charge in [0.25, 0.3) is 0 Å². The van der Waals surface area contributed by atoms with Crippen LogP contribution in [0.4, 0.5) is 4.79 Å². The van der Waals surface area contributed by atoms with E-state index >= 15 is 0 Å². The van der Waals surface area contributed by atoms with Crippen LogP contribution in [0.3, 0.4) is 0 Å². The van der Waals surface area contributed by atoms with E-state index in [9.17, 15) is 14.4 Å². The number of hydrogen-bond acceptors (Lipinski definition) is 6. The summed E-state index contributed by atoms with van der Waals surface area (Å²) >= 11 is 0. The van der Waals surface area contributed by atoms with Crippen LogP contribution in [-0.2, 0) is 16.0 Å². The van der Waals surface area contributed by atoms with E-state index in [1.165, 1.54) is 6.07 Å². The molecule has 170 valence electrons. The Morgan fingerprint density at radius 3 is 2.42 bits per heavy atom. The molecule has 0 fully saturated rings. The zero-order valence-electron chi connectivity index (χ0n) is 19.5. The van der Waals surface area contributed by atoms with Crippen molar-refractivity contribution in [1.29, 1.82) is 0 Å². The third kappa shape index (κ3) is 7.12. The molecule has 1 aromatic heterocycles. The predicted octanol–water partition coefficient (Wildman–Crippen LogP) is 4.90. The summed E-state index contributed by atoms with van der Waals surface area (Å²) in [6.45, 7) is 13.0. The summed E-state index contributed by atoms with van der Waals surface area (Å²) in [4.78, 5) is 37.3. The van der Waals surface area contributed by atoms with Crippen LogP contribution in [0.2, 0.25) is 0 Å². The number of esters is 1. The maximum absolute atomic E-state index is 13.1. The highest BCUT2D eigenvalue weighted by Gasteiger charge is 2.27. The normalized spacial score (nSPS) is 12.6. The Morgan fingerprint density at radius 2 is 1.84 bits per heavy atom. The fraction of sp³-hybridized carbons (Fsp3) is 0.542. The van der Waals surface area contributed by atoms with Gasteiger partial charge >= 0.3 is 17.7 Å². The second-order valence-corrected chi connectivity index (χ2v) is 9.23. The molecule has 7 nitrogen and oxygen atoms in total. The van der Waals surface area contributed by atoms with Crippen molar-refractivity contribution in [2.75, 3.05) is 0 Å². The summed E-state index contributed by atoms with van der Waals surface area (Å²) in [5.41, 5.74) is 0.794. The zero-order valence-corrected chi connectivity index (χ0v) is 19.5. The van der Waals surface area contributed by atoms with Gasteiger partial charge in [-0.1, -0.05) is 27.2 Å². The number of aryl methyl sites for hydroxylation is 2. The molecule has 0 unspecified atom stereocenters. The van der Waals surface area contributed by atoms with E-state index in [2.05, 4.69) is 5.32 Å². The highest BCUT2D eigenvalue weighted by atomic mass is 16.6. The van der Waals surface area contributed by atoms with Crippen molar-refractivity contribution in [3.8, 4) is 5.75 Å². The van der Waals surface area contributed by atoms with Crippen molar-refractivity contribution in [2.45, 2.75) is 79.4 Å². The van der Waals surface area contributed by atoms with E-state index < -0.39 is 29.3 Å². The summed E-state index contributed by atoms with van der Waals surface area (Å²) in [6, 6.07) is 4.04. The maximum atomic E-state index is 13.1. The quantitative estimate of drug-likeness (QED) is 0.381. The lowest BCUT2D eigenvalue weighted by atomic mass is 10.0. The van der Waals surface area contributed by atoms with Gasteiger partial charge in [0.1, 0.15) is 23.0 Å². The van der Waals surface area contributed by atoms with E-state index in [1.54, 1.807) is 32.9 Å². The molecular weight excluding hydrogens is 398 g/mol. The second kappa shape index (κ2) is 9.98. The molecule has 0 aliphatic heterocycles. The van der Waals surface area contributed by atoms with E-state index in [0.717, 1.165) is 17.5 Å². The monoisotopic (exact) mass is 431 g/mol. The fourth-order valence-electron chi connectivity index (χ4n) is 3.33. The number of benzene rings is 1. The Labute approximate surface area is 183 Å². The van der Waals surface area contributed by atoms with Crippen molar-refractivity contribution < 1.29 is 23.5 Å². The first kappa shape index (κ1) is 24.4. The Hall–Kier alpha value is -2.83. The van der Waals surface area contributed by atoms with Gasteiger partial charge in [0.15, 0.2) is 0 Å². The minimum Gasteiger partial charge on any atom is -0.444 e.